The minimum absolute atomic E-state index is 0.926. The van der Waals surface area contributed by atoms with E-state index in [1.807, 2.05) is 6.08 Å². The van der Waals surface area contributed by atoms with Crippen LogP contribution in [0.15, 0.2) is 54.8 Å². The van der Waals surface area contributed by atoms with Gasteiger partial charge in [0.15, 0.2) is 0 Å². The highest BCUT2D eigenvalue weighted by Gasteiger charge is 2.12. The van der Waals surface area contributed by atoms with Gasteiger partial charge in [-0.15, -0.1) is 0 Å². The lowest BCUT2D eigenvalue weighted by molar-refractivity contribution is 0.303. The molecule has 0 N–H and O–H groups in total. The second kappa shape index (κ2) is 5.75. The first kappa shape index (κ1) is 13.4. The Balaban J connectivity index is 2.40. The summed E-state index contributed by atoms with van der Waals surface area (Å²) in [6.45, 7) is 10.2. The molecule has 0 saturated carbocycles. The van der Waals surface area contributed by atoms with Gasteiger partial charge in [0.2, 0.25) is 0 Å². The third-order valence-electron chi connectivity index (χ3n) is 3.45. The molecule has 1 aliphatic carbocycles. The van der Waals surface area contributed by atoms with E-state index in [4.69, 9.17) is 4.74 Å². The number of hydrogen-bond donors (Lipinski definition) is 0. The minimum atomic E-state index is 0.926. The number of allylic oxidation sites excluding steroid dienone is 4. The molecule has 1 heteroatoms. The molecular weight excluding hydrogens is 232 g/mol. The Morgan fingerprint density at radius 2 is 2.16 bits per heavy atom. The predicted octanol–water partition coefficient (Wildman–Crippen LogP) is 4.90. The SMILES string of the molecule is C=Cc1ccc(C)cc1C(=C)C1=CC(OC)=CCC1. The molecule has 1 aromatic carbocycles. The van der Waals surface area contributed by atoms with Gasteiger partial charge < -0.3 is 4.74 Å². The van der Waals surface area contributed by atoms with Crippen LogP contribution in [0, 0.1) is 6.92 Å². The lowest BCUT2D eigenvalue weighted by atomic mass is 9.89. The average molecular weight is 252 g/mol. The summed E-state index contributed by atoms with van der Waals surface area (Å²) in [7, 11) is 1.70. The van der Waals surface area contributed by atoms with Crippen LogP contribution in [0.4, 0.5) is 0 Å². The molecule has 19 heavy (non-hydrogen) atoms. The summed E-state index contributed by atoms with van der Waals surface area (Å²) in [4.78, 5) is 0. The van der Waals surface area contributed by atoms with Crippen molar-refractivity contribution in [3.63, 3.8) is 0 Å². The Labute approximate surface area is 115 Å². The summed E-state index contributed by atoms with van der Waals surface area (Å²) in [6.07, 6.45) is 8.10. The van der Waals surface area contributed by atoms with E-state index in [-0.39, 0.29) is 0 Å². The normalized spacial score (nSPS) is 14.4. The van der Waals surface area contributed by atoms with Gasteiger partial charge in [-0.05, 0) is 54.2 Å². The van der Waals surface area contributed by atoms with Gasteiger partial charge in [0.05, 0.1) is 7.11 Å². The van der Waals surface area contributed by atoms with Crippen LogP contribution in [0.2, 0.25) is 0 Å². The van der Waals surface area contributed by atoms with Crippen molar-refractivity contribution in [2.75, 3.05) is 7.11 Å². The molecule has 1 aliphatic rings. The summed E-state index contributed by atoms with van der Waals surface area (Å²) in [5.41, 5.74) is 5.85. The number of ether oxygens (including phenoxy) is 1. The van der Waals surface area contributed by atoms with Crippen LogP contribution in [0.5, 0.6) is 0 Å². The standard InChI is InChI=1S/C18H20O/c1-5-15-10-9-13(2)11-18(15)14(3)16-7-6-8-17(12-16)19-4/h5,8-12H,1,3,6-7H2,2,4H3. The Kier molecular flexibility index (Phi) is 4.06. The largest absolute Gasteiger partial charge is 0.497 e. The summed E-state index contributed by atoms with van der Waals surface area (Å²) in [6, 6.07) is 6.37. The Morgan fingerprint density at radius 3 is 2.84 bits per heavy atom. The quantitative estimate of drug-likeness (QED) is 0.740. The van der Waals surface area contributed by atoms with Crippen LogP contribution in [0.25, 0.3) is 11.6 Å². The van der Waals surface area contributed by atoms with Crippen LogP contribution in [0.1, 0.15) is 29.5 Å². The van der Waals surface area contributed by atoms with E-state index in [1.54, 1.807) is 7.11 Å². The van der Waals surface area contributed by atoms with E-state index in [1.165, 1.54) is 16.7 Å². The highest BCUT2D eigenvalue weighted by atomic mass is 16.5. The van der Waals surface area contributed by atoms with Gasteiger partial charge in [0.1, 0.15) is 5.76 Å². The maximum atomic E-state index is 5.31. The second-order valence-electron chi connectivity index (χ2n) is 4.79. The fraction of sp³-hybridized carbons (Fsp3) is 0.222. The highest BCUT2D eigenvalue weighted by molar-refractivity contribution is 5.83. The van der Waals surface area contributed by atoms with E-state index in [0.29, 0.717) is 0 Å². The molecule has 0 saturated heterocycles. The fourth-order valence-corrected chi connectivity index (χ4v) is 2.34. The zero-order valence-corrected chi connectivity index (χ0v) is 11.7. The maximum Gasteiger partial charge on any atom is 0.115 e. The van der Waals surface area contributed by atoms with Crippen LogP contribution in [-0.4, -0.2) is 7.11 Å². The molecule has 0 aliphatic heterocycles. The van der Waals surface area contributed by atoms with E-state index in [0.717, 1.165) is 29.7 Å². The number of aryl methyl sites for hydroxylation is 1. The Hall–Kier alpha value is -2.02. The molecule has 0 bridgehead atoms. The average Bonchev–Trinajstić information content (AvgIpc) is 2.46. The molecule has 0 fully saturated rings. The van der Waals surface area contributed by atoms with Crippen molar-refractivity contribution in [2.45, 2.75) is 19.8 Å². The number of benzene rings is 1. The molecule has 0 aromatic heterocycles. The molecule has 98 valence electrons. The van der Waals surface area contributed by atoms with E-state index in [9.17, 15) is 0 Å². The molecule has 1 nitrogen and oxygen atoms in total. The molecule has 0 radical (unpaired) electrons. The van der Waals surface area contributed by atoms with Crippen LogP contribution < -0.4 is 0 Å². The lowest BCUT2D eigenvalue weighted by Crippen LogP contribution is -1.98. The predicted molar refractivity (Wildman–Crippen MR) is 82.7 cm³/mol. The van der Waals surface area contributed by atoms with Crippen molar-refractivity contribution in [3.8, 4) is 0 Å². The van der Waals surface area contributed by atoms with Gasteiger partial charge in [-0.3, -0.25) is 0 Å². The molecule has 0 atom stereocenters. The monoisotopic (exact) mass is 252 g/mol. The smallest absolute Gasteiger partial charge is 0.115 e. The highest BCUT2D eigenvalue weighted by Crippen LogP contribution is 2.32. The molecular formula is C18H20O. The topological polar surface area (TPSA) is 9.23 Å². The van der Waals surface area contributed by atoms with Gasteiger partial charge in [0, 0.05) is 0 Å². The van der Waals surface area contributed by atoms with E-state index < -0.39 is 0 Å². The molecule has 0 spiro atoms. The van der Waals surface area contributed by atoms with Gasteiger partial charge in [-0.1, -0.05) is 43.0 Å². The van der Waals surface area contributed by atoms with Crippen molar-refractivity contribution >= 4 is 11.6 Å². The van der Waals surface area contributed by atoms with Crippen molar-refractivity contribution < 1.29 is 4.74 Å². The van der Waals surface area contributed by atoms with Crippen LogP contribution >= 0.6 is 0 Å². The molecule has 0 amide bonds. The Morgan fingerprint density at radius 1 is 1.37 bits per heavy atom. The Bertz CT molecular complexity index is 573. The van der Waals surface area contributed by atoms with Crippen molar-refractivity contribution in [3.05, 3.63) is 71.5 Å². The third kappa shape index (κ3) is 2.87. The second-order valence-corrected chi connectivity index (χ2v) is 4.79. The summed E-state index contributed by atoms with van der Waals surface area (Å²) in [5.74, 6) is 0.926. The van der Waals surface area contributed by atoms with E-state index >= 15 is 0 Å². The number of hydrogen-bond acceptors (Lipinski definition) is 1. The lowest BCUT2D eigenvalue weighted by Gasteiger charge is -2.17. The molecule has 0 heterocycles. The van der Waals surface area contributed by atoms with Gasteiger partial charge in [0.25, 0.3) is 0 Å². The van der Waals surface area contributed by atoms with Crippen molar-refractivity contribution in [1.82, 2.24) is 0 Å². The fourth-order valence-electron chi connectivity index (χ4n) is 2.34. The zero-order chi connectivity index (χ0) is 13.8. The first-order valence-electron chi connectivity index (χ1n) is 6.53. The molecule has 0 unspecified atom stereocenters. The maximum absolute atomic E-state index is 5.31. The van der Waals surface area contributed by atoms with Gasteiger partial charge >= 0.3 is 0 Å². The molecule has 2 rings (SSSR count). The van der Waals surface area contributed by atoms with Crippen molar-refractivity contribution in [1.29, 1.82) is 0 Å². The number of rotatable bonds is 4. The summed E-state index contributed by atoms with van der Waals surface area (Å²) in [5, 5.41) is 0. The molecule has 1 aromatic rings. The first-order valence-corrected chi connectivity index (χ1v) is 6.53. The zero-order valence-electron chi connectivity index (χ0n) is 11.7. The summed E-state index contributed by atoms with van der Waals surface area (Å²) < 4.78 is 5.31. The van der Waals surface area contributed by atoms with Crippen LogP contribution in [0.3, 0.4) is 0 Å². The summed E-state index contributed by atoms with van der Waals surface area (Å²) >= 11 is 0. The van der Waals surface area contributed by atoms with Gasteiger partial charge in [-0.25, -0.2) is 0 Å². The van der Waals surface area contributed by atoms with E-state index in [2.05, 4.69) is 50.4 Å². The van der Waals surface area contributed by atoms with Crippen LogP contribution in [-0.2, 0) is 4.74 Å². The van der Waals surface area contributed by atoms with Crippen molar-refractivity contribution in [2.24, 2.45) is 0 Å². The third-order valence-corrected chi connectivity index (χ3v) is 3.45. The minimum Gasteiger partial charge on any atom is -0.497 e. The van der Waals surface area contributed by atoms with Gasteiger partial charge in [-0.2, -0.15) is 0 Å². The number of methoxy groups -OCH3 is 1. The first-order chi connectivity index (χ1) is 9.15.